The van der Waals surface area contributed by atoms with Crippen molar-refractivity contribution in [2.24, 2.45) is 21.2 Å². The van der Waals surface area contributed by atoms with Crippen LogP contribution in [-0.2, 0) is 112 Å². The fraction of sp³-hybridized carbons (Fsp3) is 0.581. The van der Waals surface area contributed by atoms with Crippen LogP contribution in [0.15, 0.2) is 166 Å². The van der Waals surface area contributed by atoms with Crippen molar-refractivity contribution in [2.75, 3.05) is 71.6 Å². The van der Waals surface area contributed by atoms with Crippen LogP contribution in [0.1, 0.15) is 199 Å². The number of aryl methyl sites for hydroxylation is 4. The summed E-state index contributed by atoms with van der Waals surface area (Å²) in [5.41, 5.74) is 5.89. The SMILES string of the molecule is COCn1nc(Br)cc1C1CC(C)(S(=O)(=O)c2cccc(C)c2)CCO1.COCn1nc(S(=O)(=O)CC(C)(C)C)cc1C1CC(C)(S(=O)(=O)c2cccc(C)c2)CCO1.COCn1nc(SCC(C)(C)C)cc1C1CC(C)(S(=O)(=O)c2cccc(C)c2)CCO1.Cc1cccc(S(=O)(=O)C2(C)CCOC(C3=CC(S(=O)(=O)CC(C)(C)C)=NC3)C2)c1. The summed E-state index contributed by atoms with van der Waals surface area (Å²) in [5, 5.41) is 14.2. The second kappa shape index (κ2) is 38.6. The first kappa shape index (κ1) is 98.0. The standard InChI is InChI=1S/C23H34N2O6S2.C23H34N2O4S2.C22H31NO5S2.C18H23BrN2O4S/c1-17-8-7-9-18(12-17)33(28,29)23(5)10-11-31-20(14-23)19-13-21(24-25(19)16-30-6)32(26,27)15-22(2,3)4;1-17-8-7-9-18(12-17)31(26,27)23(5)10-11-29-20(14-23)19-13-21(24-25(19)16-28-6)30-15-22(2,3)4;1-16-7-6-8-18(11-16)30(26,27)22(5)9-10-28-19(13-22)17-12-20(23-14-17)29(24,25)15-21(2,3)4;1-13-5-4-6-14(9-13)26(22,23)18(2)7-8-25-16(11-18)15-10-17(19)20-21(15)12-24-3/h7-9,12-13,20H,10-11,14-16H2,1-6H3;7-9,12-13,20H,10-11,14-16H2,1-6H3;6-8,11-12,19H,9-10,13-15H2,1-5H3;4-6,9-10,16H,7-8,11-12H2,1-3H3. The van der Waals surface area contributed by atoms with Gasteiger partial charge in [-0.15, -0.1) is 11.8 Å². The Kier molecular flexibility index (Phi) is 31.5. The van der Waals surface area contributed by atoms with E-state index >= 15 is 0 Å². The van der Waals surface area contributed by atoms with Gasteiger partial charge in [0.1, 0.15) is 48.1 Å². The summed E-state index contributed by atoms with van der Waals surface area (Å²) in [6.45, 7) is 34.5. The largest absolute Gasteiger partial charge is 0.374 e. The molecule has 34 heteroatoms. The van der Waals surface area contributed by atoms with Gasteiger partial charge in [0.25, 0.3) is 0 Å². The summed E-state index contributed by atoms with van der Waals surface area (Å²) in [7, 11) is -16.7. The van der Waals surface area contributed by atoms with Crippen molar-refractivity contribution in [2.45, 2.75) is 262 Å². The zero-order valence-corrected chi connectivity index (χ0v) is 80.2. The number of hydrogen-bond donors (Lipinski definition) is 0. The van der Waals surface area contributed by atoms with E-state index in [0.29, 0.717) is 90.1 Å². The Labute approximate surface area is 725 Å². The molecule has 0 N–H and O–H groups in total. The number of ether oxygens (including phenoxy) is 7. The van der Waals surface area contributed by atoms with Gasteiger partial charge in [0.2, 0.25) is 0 Å². The predicted molar refractivity (Wildman–Crippen MR) is 471 cm³/mol. The van der Waals surface area contributed by atoms with Crippen LogP contribution in [0.25, 0.3) is 0 Å². The van der Waals surface area contributed by atoms with E-state index in [1.165, 1.54) is 17.9 Å². The quantitative estimate of drug-likeness (QED) is 0.0537. The average molecular weight is 1860 g/mol. The van der Waals surface area contributed by atoms with E-state index in [-0.39, 0.29) is 89.0 Å². The summed E-state index contributed by atoms with van der Waals surface area (Å²) in [6.07, 6.45) is 2.62. The van der Waals surface area contributed by atoms with E-state index in [1.54, 1.807) is 128 Å². The molecule has 664 valence electrons. The Morgan fingerprint density at radius 1 is 0.433 bits per heavy atom. The van der Waals surface area contributed by atoms with Crippen molar-refractivity contribution >= 4 is 91.8 Å². The predicted octanol–water partition coefficient (Wildman–Crippen LogP) is 15.9. The average Bonchev–Trinajstić information content (AvgIpc) is 1.09. The Hall–Kier alpha value is -5.83. The summed E-state index contributed by atoms with van der Waals surface area (Å²) in [5.74, 6) is 0.878. The van der Waals surface area contributed by atoms with Crippen LogP contribution in [0.3, 0.4) is 0 Å². The molecule has 0 bridgehead atoms. The molecular weight excluding hydrogens is 1740 g/mol. The topological polar surface area (TPSA) is 335 Å². The molecule has 0 radical (unpaired) electrons. The van der Waals surface area contributed by atoms with Crippen LogP contribution in [0, 0.1) is 43.9 Å². The van der Waals surface area contributed by atoms with Crippen molar-refractivity contribution in [3.05, 3.63) is 171 Å². The Morgan fingerprint density at radius 2 is 0.758 bits per heavy atom. The van der Waals surface area contributed by atoms with Gasteiger partial charge in [0.05, 0.1) is 79.8 Å². The monoisotopic (exact) mass is 1860 g/mol. The van der Waals surface area contributed by atoms with Gasteiger partial charge >= 0.3 is 0 Å². The van der Waals surface area contributed by atoms with Crippen LogP contribution >= 0.6 is 27.7 Å². The molecule has 120 heavy (non-hydrogen) atoms. The van der Waals surface area contributed by atoms with Crippen LogP contribution in [0.4, 0.5) is 0 Å². The molecule has 8 atom stereocenters. The molecule has 12 rings (SSSR count). The van der Waals surface area contributed by atoms with Gasteiger partial charge in [0.15, 0.2) is 69.1 Å². The first-order valence-corrected chi connectivity index (χ1v) is 51.1. The van der Waals surface area contributed by atoms with Gasteiger partial charge in [0, 0.05) is 59.6 Å². The molecule has 4 aromatic carbocycles. The number of aliphatic imine (C=N–C) groups is 1. The van der Waals surface area contributed by atoms with Gasteiger partial charge in [-0.2, -0.15) is 15.3 Å². The number of rotatable bonds is 23. The van der Waals surface area contributed by atoms with Crippen molar-refractivity contribution in [1.82, 2.24) is 29.3 Å². The van der Waals surface area contributed by atoms with Crippen LogP contribution in [-0.4, -0.2) is 182 Å². The number of methoxy groups -OCH3 is 3. The fourth-order valence-electron chi connectivity index (χ4n) is 15.2. The Bertz CT molecular complexity index is 5570. The molecule has 26 nitrogen and oxygen atoms in total. The highest BCUT2D eigenvalue weighted by Crippen LogP contribution is 2.47. The number of thioether (sulfide) groups is 1. The minimum atomic E-state index is -3.65. The fourth-order valence-corrected chi connectivity index (χ4v) is 27.8. The molecule has 5 aliphatic heterocycles. The maximum Gasteiger partial charge on any atom is 0.197 e. The third-order valence-corrected chi connectivity index (χ3v) is 38.1. The number of hydrogen-bond acceptors (Lipinski definition) is 24. The Morgan fingerprint density at radius 3 is 1.11 bits per heavy atom. The third-order valence-electron chi connectivity index (χ3n) is 21.8. The van der Waals surface area contributed by atoms with Gasteiger partial charge in [-0.3, -0.25) is 4.99 Å². The van der Waals surface area contributed by atoms with E-state index in [0.717, 1.165) is 50.0 Å². The molecule has 0 amide bonds. The molecule has 0 saturated carbocycles. The number of sulfone groups is 6. The van der Waals surface area contributed by atoms with E-state index in [2.05, 4.69) is 57.0 Å². The maximum atomic E-state index is 13.6. The highest BCUT2D eigenvalue weighted by atomic mass is 79.9. The third kappa shape index (κ3) is 23.6. The lowest BCUT2D eigenvalue weighted by molar-refractivity contribution is -0.00927. The molecule has 4 fully saturated rings. The van der Waals surface area contributed by atoms with Gasteiger partial charge in [-0.05, 0) is 233 Å². The summed E-state index contributed by atoms with van der Waals surface area (Å²) < 4.78 is 200. The molecule has 3 aromatic heterocycles. The van der Waals surface area contributed by atoms with E-state index in [9.17, 15) is 50.5 Å². The van der Waals surface area contributed by atoms with E-state index in [1.807, 2.05) is 119 Å². The molecule has 5 aliphatic rings. The van der Waals surface area contributed by atoms with Gasteiger partial charge < -0.3 is 33.2 Å². The summed E-state index contributed by atoms with van der Waals surface area (Å²) in [6, 6.07) is 33.4. The second-order valence-electron chi connectivity index (χ2n) is 36.7. The number of nitrogens with zero attached hydrogens (tertiary/aromatic N) is 7. The number of benzene rings is 4. The van der Waals surface area contributed by atoms with Gasteiger partial charge in [-0.25, -0.2) is 64.6 Å². The first-order valence-electron chi connectivity index (χ1n) is 40.0. The summed E-state index contributed by atoms with van der Waals surface area (Å²) in [4.78, 5) is 5.58. The number of aromatic nitrogens is 6. The van der Waals surface area contributed by atoms with Crippen molar-refractivity contribution in [1.29, 1.82) is 0 Å². The normalized spacial score (nSPS) is 23.6. The molecule has 4 saturated heterocycles. The summed E-state index contributed by atoms with van der Waals surface area (Å²) >= 11 is 5.07. The first-order chi connectivity index (χ1) is 55.6. The lowest BCUT2D eigenvalue weighted by Gasteiger charge is -2.38. The zero-order valence-electron chi connectivity index (χ0n) is 72.9. The molecule has 8 heterocycles. The Balaban J connectivity index is 0.000000183. The lowest BCUT2D eigenvalue weighted by atomic mass is 9.92. The number of halogens is 1. The minimum Gasteiger partial charge on any atom is -0.374 e. The van der Waals surface area contributed by atoms with Crippen LogP contribution in [0.5, 0.6) is 0 Å². The van der Waals surface area contributed by atoms with Crippen molar-refractivity contribution in [3.63, 3.8) is 0 Å². The zero-order chi connectivity index (χ0) is 88.8. The van der Waals surface area contributed by atoms with E-state index < -0.39 is 95.6 Å². The molecule has 7 aromatic rings. The van der Waals surface area contributed by atoms with Crippen LogP contribution in [0.2, 0.25) is 0 Å². The second-order valence-corrected chi connectivity index (χ2v) is 52.2. The lowest BCUT2D eigenvalue weighted by Crippen LogP contribution is -2.45. The van der Waals surface area contributed by atoms with Gasteiger partial charge in [-0.1, -0.05) is 111 Å². The highest BCUT2D eigenvalue weighted by Gasteiger charge is 2.51. The molecule has 0 aliphatic carbocycles. The smallest absolute Gasteiger partial charge is 0.197 e. The highest BCUT2D eigenvalue weighted by molar-refractivity contribution is 9.10. The molecule has 8 unspecified atom stereocenters. The maximum absolute atomic E-state index is 13.6. The van der Waals surface area contributed by atoms with E-state index in [4.69, 9.17) is 33.2 Å². The minimum absolute atomic E-state index is 0.00753. The van der Waals surface area contributed by atoms with Crippen molar-refractivity contribution in [3.8, 4) is 0 Å². The van der Waals surface area contributed by atoms with Crippen LogP contribution < -0.4 is 0 Å². The molecule has 0 spiro atoms. The van der Waals surface area contributed by atoms with Crippen molar-refractivity contribution < 1.29 is 83.7 Å². The molecular formula is C86H122BrN7O19S7.